The van der Waals surface area contributed by atoms with Gasteiger partial charge in [0.2, 0.25) is 10.0 Å². The molecule has 124 valence electrons. The molecule has 0 heterocycles. The van der Waals surface area contributed by atoms with Gasteiger partial charge in [-0.2, -0.15) is 4.31 Å². The van der Waals surface area contributed by atoms with E-state index in [4.69, 9.17) is 5.73 Å². The van der Waals surface area contributed by atoms with E-state index in [0.717, 1.165) is 32.1 Å². The predicted molar refractivity (Wildman–Crippen MR) is 87.7 cm³/mol. The number of hydrogen-bond donors (Lipinski definition) is 1. The molecular weight excluding hydrogens is 284 g/mol. The summed E-state index contributed by atoms with van der Waals surface area (Å²) in [6.07, 6.45) is 13.0. The maximum atomic E-state index is 12.9. The molecule has 2 aliphatic carbocycles. The van der Waals surface area contributed by atoms with Crippen LogP contribution in [-0.4, -0.2) is 37.1 Å². The van der Waals surface area contributed by atoms with E-state index in [-0.39, 0.29) is 17.8 Å². The molecule has 0 radical (unpaired) electrons. The van der Waals surface area contributed by atoms with Gasteiger partial charge in [-0.05, 0) is 45.1 Å². The molecule has 2 rings (SSSR count). The van der Waals surface area contributed by atoms with Crippen molar-refractivity contribution in [3.8, 4) is 0 Å². The predicted octanol–water partition coefficient (Wildman–Crippen LogP) is 3.02. The Morgan fingerprint density at radius 1 is 0.810 bits per heavy atom. The van der Waals surface area contributed by atoms with Crippen molar-refractivity contribution in [1.82, 2.24) is 4.31 Å². The topological polar surface area (TPSA) is 63.4 Å². The van der Waals surface area contributed by atoms with Gasteiger partial charge in [0.25, 0.3) is 0 Å². The van der Waals surface area contributed by atoms with Crippen molar-refractivity contribution in [3.63, 3.8) is 0 Å². The molecule has 0 aliphatic heterocycles. The molecule has 0 saturated heterocycles. The molecule has 2 N–H and O–H groups in total. The summed E-state index contributed by atoms with van der Waals surface area (Å²) in [4.78, 5) is 0. The van der Waals surface area contributed by atoms with Gasteiger partial charge < -0.3 is 5.73 Å². The van der Waals surface area contributed by atoms with Crippen LogP contribution in [-0.2, 0) is 10.0 Å². The summed E-state index contributed by atoms with van der Waals surface area (Å²) in [6.45, 7) is 0.586. The molecule has 4 nitrogen and oxygen atoms in total. The Bertz CT molecular complexity index is 367. The Kier molecular flexibility index (Phi) is 6.96. The normalized spacial score (nSPS) is 22.8. The molecule has 0 amide bonds. The molecule has 21 heavy (non-hydrogen) atoms. The average molecular weight is 317 g/mol. The number of nitrogens with two attached hydrogens (primary N) is 1. The Morgan fingerprint density at radius 2 is 1.29 bits per heavy atom. The summed E-state index contributed by atoms with van der Waals surface area (Å²) in [5.41, 5.74) is 5.51. The smallest absolute Gasteiger partial charge is 0.214 e. The van der Waals surface area contributed by atoms with Crippen LogP contribution in [0, 0.1) is 0 Å². The van der Waals surface area contributed by atoms with Crippen LogP contribution < -0.4 is 5.73 Å². The van der Waals surface area contributed by atoms with Crippen molar-refractivity contribution < 1.29 is 8.42 Å². The van der Waals surface area contributed by atoms with E-state index < -0.39 is 10.0 Å². The molecule has 0 aromatic heterocycles. The van der Waals surface area contributed by atoms with E-state index in [0.29, 0.717) is 13.0 Å². The second kappa shape index (κ2) is 8.49. The number of nitrogens with zero attached hydrogens (tertiary/aromatic N) is 1. The summed E-state index contributed by atoms with van der Waals surface area (Å²) in [5.74, 6) is 0.289. The zero-order chi connectivity index (χ0) is 15.1. The lowest BCUT2D eigenvalue weighted by Gasteiger charge is -2.40. The molecule has 2 fully saturated rings. The third kappa shape index (κ3) is 4.93. The Hall–Kier alpha value is -0.130. The second-order valence-electron chi connectivity index (χ2n) is 6.73. The lowest BCUT2D eigenvalue weighted by Crippen LogP contribution is -2.49. The molecule has 2 aliphatic rings. The van der Waals surface area contributed by atoms with Gasteiger partial charge in [-0.25, -0.2) is 8.42 Å². The van der Waals surface area contributed by atoms with E-state index in [2.05, 4.69) is 0 Å². The number of unbranched alkanes of at least 4 members (excludes halogenated alkanes) is 1. The van der Waals surface area contributed by atoms with Gasteiger partial charge in [0, 0.05) is 12.1 Å². The SMILES string of the molecule is NCCCCS(=O)(=O)N(C1CCCCC1)C1CCCCC1. The maximum Gasteiger partial charge on any atom is 0.214 e. The van der Waals surface area contributed by atoms with Crippen molar-refractivity contribution >= 4 is 10.0 Å². The molecule has 0 bridgehead atoms. The Labute approximate surface area is 130 Å². The third-order valence-electron chi connectivity index (χ3n) is 5.05. The Balaban J connectivity index is 2.09. The molecule has 2 saturated carbocycles. The van der Waals surface area contributed by atoms with Crippen LogP contribution in [0.25, 0.3) is 0 Å². The number of rotatable bonds is 7. The van der Waals surface area contributed by atoms with Crippen LogP contribution in [0.2, 0.25) is 0 Å². The first-order chi connectivity index (χ1) is 10.1. The molecule has 0 aromatic carbocycles. The highest BCUT2D eigenvalue weighted by Gasteiger charge is 2.36. The minimum atomic E-state index is -3.12. The zero-order valence-electron chi connectivity index (χ0n) is 13.3. The minimum Gasteiger partial charge on any atom is -0.330 e. The first kappa shape index (κ1) is 17.2. The van der Waals surface area contributed by atoms with Gasteiger partial charge in [-0.1, -0.05) is 38.5 Å². The molecule has 0 spiro atoms. The minimum absolute atomic E-state index is 0.268. The fourth-order valence-electron chi connectivity index (χ4n) is 3.96. The van der Waals surface area contributed by atoms with Crippen molar-refractivity contribution in [2.75, 3.05) is 12.3 Å². The van der Waals surface area contributed by atoms with Crippen LogP contribution in [0.4, 0.5) is 0 Å². The summed E-state index contributed by atoms with van der Waals surface area (Å²) in [7, 11) is -3.12. The number of sulfonamides is 1. The average Bonchev–Trinajstić information content (AvgIpc) is 2.49. The largest absolute Gasteiger partial charge is 0.330 e. The fraction of sp³-hybridized carbons (Fsp3) is 1.00. The van der Waals surface area contributed by atoms with E-state index >= 15 is 0 Å². The van der Waals surface area contributed by atoms with Crippen LogP contribution in [0.5, 0.6) is 0 Å². The quantitative estimate of drug-likeness (QED) is 0.734. The highest BCUT2D eigenvalue weighted by Crippen LogP contribution is 2.32. The van der Waals surface area contributed by atoms with Crippen LogP contribution >= 0.6 is 0 Å². The molecular formula is C16H32N2O2S. The maximum absolute atomic E-state index is 12.9. The molecule has 0 aromatic rings. The standard InChI is InChI=1S/C16H32N2O2S/c17-13-7-8-14-21(19,20)18(15-9-3-1-4-10-15)16-11-5-2-6-12-16/h15-16H,1-14,17H2. The van der Waals surface area contributed by atoms with Gasteiger partial charge in [-0.3, -0.25) is 0 Å². The summed E-state index contributed by atoms with van der Waals surface area (Å²) >= 11 is 0. The van der Waals surface area contributed by atoms with Crippen molar-refractivity contribution in [2.24, 2.45) is 5.73 Å². The zero-order valence-corrected chi connectivity index (χ0v) is 14.1. The van der Waals surface area contributed by atoms with E-state index in [1.165, 1.54) is 38.5 Å². The second-order valence-corrected chi connectivity index (χ2v) is 8.72. The molecule has 0 unspecified atom stereocenters. The van der Waals surface area contributed by atoms with E-state index in [1.54, 1.807) is 0 Å². The Morgan fingerprint density at radius 3 is 1.71 bits per heavy atom. The summed E-state index contributed by atoms with van der Waals surface area (Å²) in [5, 5.41) is 0. The van der Waals surface area contributed by atoms with Crippen molar-refractivity contribution in [1.29, 1.82) is 0 Å². The first-order valence-corrected chi connectivity index (χ1v) is 10.5. The van der Waals surface area contributed by atoms with Gasteiger partial charge in [0.05, 0.1) is 5.75 Å². The molecule has 5 heteroatoms. The van der Waals surface area contributed by atoms with Gasteiger partial charge in [-0.15, -0.1) is 0 Å². The van der Waals surface area contributed by atoms with Crippen molar-refractivity contribution in [2.45, 2.75) is 89.1 Å². The fourth-order valence-corrected chi connectivity index (χ4v) is 6.07. The number of hydrogen-bond acceptors (Lipinski definition) is 3. The highest BCUT2D eigenvalue weighted by molar-refractivity contribution is 7.89. The monoisotopic (exact) mass is 316 g/mol. The van der Waals surface area contributed by atoms with Gasteiger partial charge >= 0.3 is 0 Å². The van der Waals surface area contributed by atoms with Crippen LogP contribution in [0.1, 0.15) is 77.0 Å². The van der Waals surface area contributed by atoms with E-state index in [1.807, 2.05) is 4.31 Å². The first-order valence-electron chi connectivity index (χ1n) is 8.86. The highest BCUT2D eigenvalue weighted by atomic mass is 32.2. The van der Waals surface area contributed by atoms with Crippen LogP contribution in [0.3, 0.4) is 0 Å². The third-order valence-corrected chi connectivity index (χ3v) is 7.09. The van der Waals surface area contributed by atoms with Crippen molar-refractivity contribution in [3.05, 3.63) is 0 Å². The summed E-state index contributed by atoms with van der Waals surface area (Å²) < 4.78 is 27.7. The molecule has 0 atom stereocenters. The summed E-state index contributed by atoms with van der Waals surface area (Å²) in [6, 6.07) is 0.537. The van der Waals surface area contributed by atoms with Crippen LogP contribution in [0.15, 0.2) is 0 Å². The lowest BCUT2D eigenvalue weighted by atomic mass is 9.91. The van der Waals surface area contributed by atoms with Gasteiger partial charge in [0.15, 0.2) is 0 Å². The van der Waals surface area contributed by atoms with Gasteiger partial charge in [0.1, 0.15) is 0 Å². The van der Waals surface area contributed by atoms with E-state index in [9.17, 15) is 8.42 Å². The lowest BCUT2D eigenvalue weighted by molar-refractivity contribution is 0.169.